The van der Waals surface area contributed by atoms with Gasteiger partial charge >= 0.3 is 0 Å². The molecule has 0 aliphatic heterocycles. The van der Waals surface area contributed by atoms with E-state index < -0.39 is 0 Å². The minimum atomic E-state index is 0. The standard InChI is InChI=1S/3Cs.2H2O/h;;;2*1H2. The molecule has 0 aliphatic rings. The van der Waals surface area contributed by atoms with Crippen molar-refractivity contribution in [3.05, 3.63) is 0 Å². The van der Waals surface area contributed by atoms with Gasteiger partial charge in [0, 0.05) is 207 Å². The van der Waals surface area contributed by atoms with Gasteiger partial charge in [-0.15, -0.1) is 0 Å². The molecule has 0 amide bonds. The van der Waals surface area contributed by atoms with Crippen molar-refractivity contribution in [2.45, 2.75) is 0 Å². The van der Waals surface area contributed by atoms with E-state index in [2.05, 4.69) is 0 Å². The second-order valence-electron chi connectivity index (χ2n) is 0. The predicted octanol–water partition coefficient (Wildman–Crippen LogP) is -2.79. The zero-order valence-corrected chi connectivity index (χ0v) is 22.8. The summed E-state index contributed by atoms with van der Waals surface area (Å²) in [6.45, 7) is 0. The first-order valence-corrected chi connectivity index (χ1v) is 0. The van der Waals surface area contributed by atoms with Crippen LogP contribution in [0, 0.1) is 0 Å². The van der Waals surface area contributed by atoms with E-state index >= 15 is 0 Å². The van der Waals surface area contributed by atoms with E-state index in [0.29, 0.717) is 0 Å². The van der Waals surface area contributed by atoms with Gasteiger partial charge in [0.25, 0.3) is 0 Å². The summed E-state index contributed by atoms with van der Waals surface area (Å²) < 4.78 is 0. The molecule has 0 aromatic carbocycles. The monoisotopic (exact) mass is 435 g/mol. The van der Waals surface area contributed by atoms with Gasteiger partial charge in [0.1, 0.15) is 0 Å². The first-order chi connectivity index (χ1) is 0. The van der Waals surface area contributed by atoms with Gasteiger partial charge in [-0.3, -0.25) is 0 Å². The Hall–Kier alpha value is 6.08. The van der Waals surface area contributed by atoms with Crippen molar-refractivity contribution in [2.75, 3.05) is 0 Å². The molecule has 0 aromatic rings. The smallest absolute Gasteiger partial charge is 0 e. The van der Waals surface area contributed by atoms with E-state index in [1.165, 1.54) is 0 Å². The zero-order chi connectivity index (χ0) is 0. The van der Waals surface area contributed by atoms with Crippen molar-refractivity contribution in [3.63, 3.8) is 0 Å². The third kappa shape index (κ3) is 17.8. The Kier molecular flexibility index (Phi) is 137. The predicted molar refractivity (Wildman–Crippen MR) is 24.5 cm³/mol. The third-order valence-corrected chi connectivity index (χ3v) is 0. The molecule has 0 unspecified atom stereocenters. The maximum atomic E-state index is 0. The van der Waals surface area contributed by atoms with E-state index in [1.807, 2.05) is 0 Å². The van der Waals surface area contributed by atoms with Crippen molar-refractivity contribution in [1.29, 1.82) is 0 Å². The minimum absolute atomic E-state index is 0. The molecule has 0 aromatic heterocycles. The van der Waals surface area contributed by atoms with Gasteiger partial charge in [-0.2, -0.15) is 0 Å². The van der Waals surface area contributed by atoms with Crippen LogP contribution in [-0.2, 0) is 0 Å². The molecule has 0 spiro atoms. The van der Waals surface area contributed by atoms with Gasteiger partial charge in [0.2, 0.25) is 0 Å². The Labute approximate surface area is 208 Å². The molecule has 5 heteroatoms. The van der Waals surface area contributed by atoms with Crippen molar-refractivity contribution in [1.82, 2.24) is 0 Å². The molecular formula is H4Cs3O2. The normalized spacial score (nSPS) is 0. The second kappa shape index (κ2) is 22.5. The molecule has 0 saturated heterocycles. The maximum Gasteiger partial charge on any atom is 0 e. The minimum Gasteiger partial charge on any atom is -0.412 e. The van der Waals surface area contributed by atoms with Crippen LogP contribution in [0.1, 0.15) is 0 Å². The summed E-state index contributed by atoms with van der Waals surface area (Å²) in [5.41, 5.74) is 0. The largest absolute Gasteiger partial charge is 0.412 e. The first-order valence-electron chi connectivity index (χ1n) is 0. The number of hydrogen-bond donors (Lipinski definition) is 0. The van der Waals surface area contributed by atoms with E-state index in [-0.39, 0.29) is 218 Å². The van der Waals surface area contributed by atoms with Crippen LogP contribution in [0.15, 0.2) is 0 Å². The van der Waals surface area contributed by atoms with E-state index in [0.717, 1.165) is 0 Å². The average molecular weight is 435 g/mol. The molecule has 0 bridgehead atoms. The van der Waals surface area contributed by atoms with Gasteiger partial charge in [-0.05, 0) is 0 Å². The molecule has 0 atom stereocenters. The Bertz CT molecular complexity index is 4.85. The van der Waals surface area contributed by atoms with Gasteiger partial charge in [-0.1, -0.05) is 0 Å². The van der Waals surface area contributed by atoms with E-state index in [4.69, 9.17) is 0 Å². The molecule has 0 aliphatic carbocycles. The summed E-state index contributed by atoms with van der Waals surface area (Å²) in [7, 11) is 0. The van der Waals surface area contributed by atoms with Crippen LogP contribution < -0.4 is 0 Å². The van der Waals surface area contributed by atoms with Crippen molar-refractivity contribution in [3.8, 4) is 0 Å². The van der Waals surface area contributed by atoms with Gasteiger partial charge in [-0.25, -0.2) is 0 Å². The SMILES string of the molecule is O.O.[Cs].[Cs].[Cs]. The molecule has 0 heterocycles. The topological polar surface area (TPSA) is 63.0 Å². The van der Waals surface area contributed by atoms with Crippen molar-refractivity contribution < 1.29 is 11.0 Å². The third-order valence-electron chi connectivity index (χ3n) is 0. The summed E-state index contributed by atoms with van der Waals surface area (Å²) in [6.07, 6.45) is 0. The number of hydrogen-bond acceptors (Lipinski definition) is 0. The fraction of sp³-hybridized carbons (Fsp3) is 0. The quantitative estimate of drug-likeness (QED) is 0.396. The molecule has 5 heavy (non-hydrogen) atoms. The first kappa shape index (κ1) is 30.5. The van der Waals surface area contributed by atoms with Crippen LogP contribution in [0.25, 0.3) is 0 Å². The molecule has 0 rings (SSSR count). The molecule has 3 radical (unpaired) electrons. The van der Waals surface area contributed by atoms with Crippen molar-refractivity contribution >= 4 is 207 Å². The maximum absolute atomic E-state index is 0. The summed E-state index contributed by atoms with van der Waals surface area (Å²) in [6, 6.07) is 0. The summed E-state index contributed by atoms with van der Waals surface area (Å²) >= 11 is 0. The van der Waals surface area contributed by atoms with Crippen molar-refractivity contribution in [2.24, 2.45) is 0 Å². The van der Waals surface area contributed by atoms with Crippen LogP contribution in [0.2, 0.25) is 0 Å². The second-order valence-corrected chi connectivity index (χ2v) is 0. The summed E-state index contributed by atoms with van der Waals surface area (Å²) in [5, 5.41) is 0. The van der Waals surface area contributed by atoms with E-state index in [9.17, 15) is 0 Å². The van der Waals surface area contributed by atoms with Crippen LogP contribution in [0.3, 0.4) is 0 Å². The molecule has 4 N–H and O–H groups in total. The molecule has 2 nitrogen and oxygen atoms in total. The van der Waals surface area contributed by atoms with Gasteiger partial charge in [0.15, 0.2) is 0 Å². The van der Waals surface area contributed by atoms with E-state index in [1.54, 1.807) is 0 Å². The van der Waals surface area contributed by atoms with Crippen LogP contribution in [0.5, 0.6) is 0 Å². The molecule has 19 valence electrons. The van der Waals surface area contributed by atoms with Crippen LogP contribution in [0.4, 0.5) is 0 Å². The molecule has 0 saturated carbocycles. The zero-order valence-electron chi connectivity index (χ0n) is 4.00. The Morgan fingerprint density at radius 1 is 0.400 bits per heavy atom. The Balaban J connectivity index is 0. The number of rotatable bonds is 0. The summed E-state index contributed by atoms with van der Waals surface area (Å²) in [5.74, 6) is 0. The average Bonchev–Trinajstić information content (AvgIpc) is 0. The molecule has 0 fully saturated rings. The van der Waals surface area contributed by atoms with Gasteiger partial charge in [0.05, 0.1) is 0 Å². The van der Waals surface area contributed by atoms with Gasteiger partial charge < -0.3 is 11.0 Å². The fourth-order valence-electron chi connectivity index (χ4n) is 0. The molecular weight excluding hydrogens is 431 g/mol. The summed E-state index contributed by atoms with van der Waals surface area (Å²) in [4.78, 5) is 0. The fourth-order valence-corrected chi connectivity index (χ4v) is 0. The Morgan fingerprint density at radius 3 is 0.400 bits per heavy atom. The van der Waals surface area contributed by atoms with Crippen LogP contribution >= 0.6 is 0 Å². The Morgan fingerprint density at radius 2 is 0.400 bits per heavy atom. The van der Waals surface area contributed by atoms with Crippen LogP contribution in [-0.4, -0.2) is 218 Å².